The van der Waals surface area contributed by atoms with Crippen molar-refractivity contribution in [2.75, 3.05) is 13.1 Å². The van der Waals surface area contributed by atoms with Crippen LogP contribution in [0.2, 0.25) is 0 Å². The fourth-order valence-electron chi connectivity index (χ4n) is 1.67. The molecular weight excluding hydrogens is 309 g/mol. The molecule has 0 aromatic heterocycles. The number of alkyl halides is 3. The summed E-state index contributed by atoms with van der Waals surface area (Å²) in [4.78, 5) is 10.6. The molecule has 0 aliphatic rings. The summed E-state index contributed by atoms with van der Waals surface area (Å²) in [5.74, 6) is -0.750. The molecule has 2 N–H and O–H groups in total. The lowest BCUT2D eigenvalue weighted by molar-refractivity contribution is -0.136. The number of nitrogens with two attached hydrogens (primary N) is 1. The van der Waals surface area contributed by atoms with Crippen molar-refractivity contribution in [2.24, 2.45) is 5.73 Å². The molecule has 0 saturated heterocycles. The Morgan fingerprint density at radius 1 is 1.24 bits per heavy atom. The van der Waals surface area contributed by atoms with Gasteiger partial charge in [-0.25, -0.2) is 8.42 Å². The third-order valence-electron chi connectivity index (χ3n) is 2.61. The predicted octanol–water partition coefficient (Wildman–Crippen LogP) is 1.75. The number of benzene rings is 1. The van der Waals surface area contributed by atoms with Gasteiger partial charge in [0.2, 0.25) is 15.9 Å². The third-order valence-corrected chi connectivity index (χ3v) is 4.46. The van der Waals surface area contributed by atoms with Crippen molar-refractivity contribution in [1.29, 1.82) is 0 Å². The molecule has 9 heteroatoms. The number of hydrogen-bond donors (Lipinski definition) is 1. The number of nitrogens with zero attached hydrogens (tertiary/aromatic N) is 1. The molecule has 0 spiro atoms. The summed E-state index contributed by atoms with van der Waals surface area (Å²) in [7, 11) is -4.28. The van der Waals surface area contributed by atoms with Gasteiger partial charge < -0.3 is 5.73 Å². The molecule has 0 aliphatic heterocycles. The molecule has 0 aliphatic carbocycles. The number of sulfonamides is 1. The van der Waals surface area contributed by atoms with Crippen molar-refractivity contribution in [3.8, 4) is 0 Å². The smallest absolute Gasteiger partial charge is 0.366 e. The zero-order valence-electron chi connectivity index (χ0n) is 11.2. The van der Waals surface area contributed by atoms with E-state index in [9.17, 15) is 26.4 Å². The van der Waals surface area contributed by atoms with Crippen molar-refractivity contribution in [2.45, 2.75) is 24.4 Å². The minimum absolute atomic E-state index is 0.0758. The Balaban J connectivity index is 3.13. The molecule has 0 radical (unpaired) electrons. The lowest BCUT2D eigenvalue weighted by atomic mass is 10.2. The van der Waals surface area contributed by atoms with Crippen LogP contribution in [-0.2, 0) is 10.0 Å². The van der Waals surface area contributed by atoms with Gasteiger partial charge in [0.05, 0.1) is 4.90 Å². The van der Waals surface area contributed by atoms with Gasteiger partial charge in [-0.05, 0) is 30.7 Å². The number of halogens is 3. The molecular formula is C12H15F3N2O3S. The van der Waals surface area contributed by atoms with Gasteiger partial charge >= 0.3 is 6.18 Å². The topological polar surface area (TPSA) is 80.5 Å². The van der Waals surface area contributed by atoms with Gasteiger partial charge in [0.15, 0.2) is 0 Å². The maximum atomic E-state index is 12.5. The first-order chi connectivity index (χ1) is 9.58. The first-order valence-corrected chi connectivity index (χ1v) is 7.48. The van der Waals surface area contributed by atoms with Crippen LogP contribution in [-0.4, -0.2) is 37.9 Å². The van der Waals surface area contributed by atoms with E-state index < -0.39 is 28.7 Å². The summed E-state index contributed by atoms with van der Waals surface area (Å²) in [6, 6.07) is 4.45. The van der Waals surface area contributed by atoms with Crippen LogP contribution in [0.5, 0.6) is 0 Å². The molecule has 0 bridgehead atoms. The standard InChI is InChI=1S/C12H15F3N2O3S/c1-2-7-17(8-12(13,14)15)21(19,20)10-5-3-9(4-6-10)11(16)18/h3-6H,2,7-8H2,1H3,(H2,16,18). The van der Waals surface area contributed by atoms with Gasteiger partial charge in [-0.2, -0.15) is 17.5 Å². The second-order valence-electron chi connectivity index (χ2n) is 4.34. The van der Waals surface area contributed by atoms with Crippen LogP contribution < -0.4 is 5.73 Å². The van der Waals surface area contributed by atoms with Crippen molar-refractivity contribution in [3.63, 3.8) is 0 Å². The second-order valence-corrected chi connectivity index (χ2v) is 6.28. The zero-order chi connectivity index (χ0) is 16.3. The second kappa shape index (κ2) is 6.44. The monoisotopic (exact) mass is 324 g/mol. The predicted molar refractivity (Wildman–Crippen MR) is 70.1 cm³/mol. The Bertz CT molecular complexity index is 597. The highest BCUT2D eigenvalue weighted by Gasteiger charge is 2.36. The van der Waals surface area contributed by atoms with Gasteiger partial charge in [0, 0.05) is 12.1 Å². The van der Waals surface area contributed by atoms with E-state index in [0.29, 0.717) is 4.31 Å². The summed E-state index contributed by atoms with van der Waals surface area (Å²) in [5.41, 5.74) is 5.09. The molecule has 0 fully saturated rings. The highest BCUT2D eigenvalue weighted by atomic mass is 32.2. The van der Waals surface area contributed by atoms with E-state index in [1.54, 1.807) is 6.92 Å². The molecule has 0 atom stereocenters. The number of amides is 1. The van der Waals surface area contributed by atoms with Gasteiger partial charge in [0.1, 0.15) is 6.54 Å². The Morgan fingerprint density at radius 2 is 1.76 bits per heavy atom. The third kappa shape index (κ3) is 4.71. The lowest BCUT2D eigenvalue weighted by Gasteiger charge is -2.22. The van der Waals surface area contributed by atoms with Crippen LogP contribution in [0.25, 0.3) is 0 Å². The summed E-state index contributed by atoms with van der Waals surface area (Å²) in [6.45, 7) is -0.227. The zero-order valence-corrected chi connectivity index (χ0v) is 12.0. The van der Waals surface area contributed by atoms with E-state index in [0.717, 1.165) is 24.3 Å². The number of hydrogen-bond acceptors (Lipinski definition) is 3. The molecule has 1 aromatic carbocycles. The van der Waals surface area contributed by atoms with Crippen LogP contribution in [0.1, 0.15) is 23.7 Å². The van der Waals surface area contributed by atoms with Crippen molar-refractivity contribution in [3.05, 3.63) is 29.8 Å². The van der Waals surface area contributed by atoms with Crippen LogP contribution >= 0.6 is 0 Å². The molecule has 21 heavy (non-hydrogen) atoms. The van der Waals surface area contributed by atoms with Gasteiger partial charge in [-0.15, -0.1) is 0 Å². The van der Waals surface area contributed by atoms with Crippen LogP contribution in [0.15, 0.2) is 29.2 Å². The van der Waals surface area contributed by atoms with Gasteiger partial charge in [-0.1, -0.05) is 6.92 Å². The molecule has 1 rings (SSSR count). The van der Waals surface area contributed by atoms with E-state index in [1.165, 1.54) is 0 Å². The van der Waals surface area contributed by atoms with Crippen LogP contribution in [0.4, 0.5) is 13.2 Å². The average molecular weight is 324 g/mol. The minimum atomic E-state index is -4.63. The fourth-order valence-corrected chi connectivity index (χ4v) is 3.19. The first-order valence-electron chi connectivity index (χ1n) is 6.04. The molecule has 0 unspecified atom stereocenters. The van der Waals surface area contributed by atoms with Gasteiger partial charge in [-0.3, -0.25) is 4.79 Å². The largest absolute Gasteiger partial charge is 0.402 e. The van der Waals surface area contributed by atoms with Crippen molar-refractivity contribution < 1.29 is 26.4 Å². The average Bonchev–Trinajstić information content (AvgIpc) is 2.36. The van der Waals surface area contributed by atoms with E-state index >= 15 is 0 Å². The van der Waals surface area contributed by atoms with E-state index in [-0.39, 0.29) is 23.4 Å². The first kappa shape index (κ1) is 17.4. The maximum Gasteiger partial charge on any atom is 0.402 e. The van der Waals surface area contributed by atoms with Crippen molar-refractivity contribution in [1.82, 2.24) is 4.31 Å². The van der Waals surface area contributed by atoms with E-state index in [1.807, 2.05) is 0 Å². The highest BCUT2D eigenvalue weighted by Crippen LogP contribution is 2.23. The summed E-state index contributed by atoms with van der Waals surface area (Å²) in [5, 5.41) is 0. The maximum absolute atomic E-state index is 12.5. The number of carbonyl (C=O) groups is 1. The summed E-state index contributed by atoms with van der Waals surface area (Å²) >= 11 is 0. The van der Waals surface area contributed by atoms with Crippen molar-refractivity contribution >= 4 is 15.9 Å². The normalized spacial score (nSPS) is 12.6. The number of rotatable bonds is 6. The minimum Gasteiger partial charge on any atom is -0.366 e. The Morgan fingerprint density at radius 3 is 2.14 bits per heavy atom. The van der Waals surface area contributed by atoms with Crippen LogP contribution in [0.3, 0.4) is 0 Å². The Labute approximate surface area is 120 Å². The van der Waals surface area contributed by atoms with E-state index in [4.69, 9.17) is 5.73 Å². The number of primary amides is 1. The molecule has 1 aromatic rings. The molecule has 118 valence electrons. The van der Waals surface area contributed by atoms with E-state index in [2.05, 4.69) is 0 Å². The molecule has 0 heterocycles. The SMILES string of the molecule is CCCN(CC(F)(F)F)S(=O)(=O)c1ccc(C(N)=O)cc1. The summed E-state index contributed by atoms with van der Waals surface area (Å²) in [6.07, 6.45) is -4.38. The Hall–Kier alpha value is -1.61. The highest BCUT2D eigenvalue weighted by molar-refractivity contribution is 7.89. The molecule has 0 saturated carbocycles. The van der Waals surface area contributed by atoms with Gasteiger partial charge in [0.25, 0.3) is 0 Å². The van der Waals surface area contributed by atoms with Crippen LogP contribution in [0, 0.1) is 0 Å². The molecule has 5 nitrogen and oxygen atoms in total. The summed E-state index contributed by atoms with van der Waals surface area (Å²) < 4.78 is 62.2. The molecule has 1 amide bonds. The fraction of sp³-hybridized carbons (Fsp3) is 0.417. The lowest BCUT2D eigenvalue weighted by Crippen LogP contribution is -2.39. The number of carbonyl (C=O) groups excluding carboxylic acids is 1. The quantitative estimate of drug-likeness (QED) is 0.865. The Kier molecular flexibility index (Phi) is 5.35.